The van der Waals surface area contributed by atoms with Crippen molar-refractivity contribution in [2.24, 2.45) is 5.41 Å². The SMILES string of the molecule is Clc1cccc(NC2CCC3(CCCC3)CC2)c1Br. The van der Waals surface area contributed by atoms with Crippen LogP contribution in [0, 0.1) is 5.41 Å². The molecule has 0 unspecified atom stereocenters. The van der Waals surface area contributed by atoms with Crippen LogP contribution >= 0.6 is 27.5 Å². The summed E-state index contributed by atoms with van der Waals surface area (Å²) in [5.41, 5.74) is 1.85. The fourth-order valence-corrected chi connectivity index (χ4v) is 4.39. The van der Waals surface area contributed by atoms with Gasteiger partial charge in [0.05, 0.1) is 15.2 Å². The average molecular weight is 343 g/mol. The highest BCUT2D eigenvalue weighted by Crippen LogP contribution is 2.49. The molecule has 0 aliphatic heterocycles. The molecule has 0 atom stereocenters. The summed E-state index contributed by atoms with van der Waals surface area (Å²) in [7, 11) is 0. The molecule has 19 heavy (non-hydrogen) atoms. The smallest absolute Gasteiger partial charge is 0.0593 e. The average Bonchev–Trinajstić information content (AvgIpc) is 2.86. The molecule has 0 aromatic heterocycles. The molecule has 0 radical (unpaired) electrons. The molecule has 0 heterocycles. The third kappa shape index (κ3) is 2.95. The van der Waals surface area contributed by atoms with Crippen molar-refractivity contribution in [3.8, 4) is 0 Å². The van der Waals surface area contributed by atoms with E-state index in [4.69, 9.17) is 11.6 Å². The van der Waals surface area contributed by atoms with Gasteiger partial charge in [-0.25, -0.2) is 0 Å². The van der Waals surface area contributed by atoms with Gasteiger partial charge in [-0.2, -0.15) is 0 Å². The molecule has 0 bridgehead atoms. The maximum Gasteiger partial charge on any atom is 0.0593 e. The fraction of sp³-hybridized carbons (Fsp3) is 0.625. The molecular weight excluding hydrogens is 322 g/mol. The molecule has 1 aromatic carbocycles. The predicted octanol–water partition coefficient (Wildman–Crippen LogP) is 6.02. The lowest BCUT2D eigenvalue weighted by molar-refractivity contribution is 0.188. The number of benzene rings is 1. The van der Waals surface area contributed by atoms with Crippen molar-refractivity contribution >= 4 is 33.2 Å². The molecule has 1 nitrogen and oxygen atoms in total. The van der Waals surface area contributed by atoms with Gasteiger partial charge in [-0.3, -0.25) is 0 Å². The van der Waals surface area contributed by atoms with Crippen LogP contribution in [0.3, 0.4) is 0 Å². The zero-order valence-corrected chi connectivity index (χ0v) is 13.6. The number of rotatable bonds is 2. The number of nitrogens with one attached hydrogen (secondary N) is 1. The normalized spacial score (nSPS) is 22.8. The Hall–Kier alpha value is -0.210. The minimum absolute atomic E-state index is 0.612. The van der Waals surface area contributed by atoms with Crippen LogP contribution in [0.1, 0.15) is 51.4 Å². The summed E-state index contributed by atoms with van der Waals surface area (Å²) in [6, 6.07) is 6.65. The van der Waals surface area contributed by atoms with Crippen molar-refractivity contribution in [3.05, 3.63) is 27.7 Å². The zero-order valence-electron chi connectivity index (χ0n) is 11.2. The number of halogens is 2. The quantitative estimate of drug-likeness (QED) is 0.693. The second-order valence-electron chi connectivity index (χ2n) is 6.23. The van der Waals surface area contributed by atoms with Gasteiger partial charge in [0, 0.05) is 6.04 Å². The van der Waals surface area contributed by atoms with E-state index in [1.807, 2.05) is 12.1 Å². The van der Waals surface area contributed by atoms with Gasteiger partial charge in [0.2, 0.25) is 0 Å². The molecule has 0 saturated heterocycles. The van der Waals surface area contributed by atoms with E-state index in [2.05, 4.69) is 27.3 Å². The lowest BCUT2D eigenvalue weighted by Crippen LogP contribution is -2.31. The van der Waals surface area contributed by atoms with Crippen LogP contribution in [0.2, 0.25) is 5.02 Å². The first-order chi connectivity index (χ1) is 9.19. The lowest BCUT2D eigenvalue weighted by Gasteiger charge is -2.38. The van der Waals surface area contributed by atoms with E-state index in [9.17, 15) is 0 Å². The minimum Gasteiger partial charge on any atom is -0.381 e. The van der Waals surface area contributed by atoms with Gasteiger partial charge in [0.1, 0.15) is 0 Å². The Morgan fingerprint density at radius 3 is 2.47 bits per heavy atom. The summed E-state index contributed by atoms with van der Waals surface area (Å²) in [6.07, 6.45) is 11.3. The van der Waals surface area contributed by atoms with Crippen LogP contribution in [0.5, 0.6) is 0 Å². The minimum atomic E-state index is 0.612. The molecule has 2 aliphatic carbocycles. The summed E-state index contributed by atoms with van der Waals surface area (Å²) in [5, 5.41) is 4.45. The van der Waals surface area contributed by atoms with E-state index < -0.39 is 0 Å². The van der Waals surface area contributed by atoms with Crippen molar-refractivity contribution in [1.29, 1.82) is 0 Å². The van der Waals surface area contributed by atoms with Crippen LogP contribution in [0.15, 0.2) is 22.7 Å². The van der Waals surface area contributed by atoms with Crippen LogP contribution < -0.4 is 5.32 Å². The standard InChI is InChI=1S/C16H21BrClN/c17-15-13(18)4-3-5-14(15)19-12-6-10-16(11-7-12)8-1-2-9-16/h3-5,12,19H,1-2,6-11H2. The zero-order chi connectivity index (χ0) is 13.3. The first kappa shape index (κ1) is 13.8. The van der Waals surface area contributed by atoms with Gasteiger partial charge >= 0.3 is 0 Å². The van der Waals surface area contributed by atoms with Crippen LogP contribution in [-0.2, 0) is 0 Å². The second kappa shape index (κ2) is 5.65. The monoisotopic (exact) mass is 341 g/mol. The van der Waals surface area contributed by atoms with E-state index in [1.54, 1.807) is 0 Å². The van der Waals surface area contributed by atoms with Crippen molar-refractivity contribution < 1.29 is 0 Å². The first-order valence-electron chi connectivity index (χ1n) is 7.39. The third-order valence-corrected chi connectivity index (χ3v) is 6.42. The number of anilines is 1. The Labute approximate surface area is 129 Å². The molecule has 0 amide bonds. The Bertz CT molecular complexity index is 444. The van der Waals surface area contributed by atoms with Crippen molar-refractivity contribution in [3.63, 3.8) is 0 Å². The van der Waals surface area contributed by atoms with Crippen LogP contribution in [-0.4, -0.2) is 6.04 Å². The van der Waals surface area contributed by atoms with Crippen LogP contribution in [0.25, 0.3) is 0 Å². The maximum atomic E-state index is 6.14. The number of hydrogen-bond acceptors (Lipinski definition) is 1. The van der Waals surface area contributed by atoms with Gasteiger partial charge in [-0.1, -0.05) is 30.5 Å². The molecule has 1 aromatic rings. The lowest BCUT2D eigenvalue weighted by atomic mass is 9.71. The molecule has 3 heteroatoms. The van der Waals surface area contributed by atoms with Gasteiger partial charge < -0.3 is 5.32 Å². The second-order valence-corrected chi connectivity index (χ2v) is 7.43. The van der Waals surface area contributed by atoms with E-state index >= 15 is 0 Å². The van der Waals surface area contributed by atoms with Crippen molar-refractivity contribution in [2.45, 2.75) is 57.4 Å². The molecule has 1 N–H and O–H groups in total. The van der Waals surface area contributed by atoms with E-state index in [0.717, 1.165) is 15.2 Å². The molecule has 2 saturated carbocycles. The van der Waals surface area contributed by atoms with Gasteiger partial charge in [0.15, 0.2) is 0 Å². The molecule has 1 spiro atoms. The summed E-state index contributed by atoms with van der Waals surface area (Å²) < 4.78 is 0.998. The summed E-state index contributed by atoms with van der Waals surface area (Å²) in [4.78, 5) is 0. The Morgan fingerprint density at radius 1 is 1.11 bits per heavy atom. The van der Waals surface area contributed by atoms with Crippen molar-refractivity contribution in [2.75, 3.05) is 5.32 Å². The Kier molecular flexibility index (Phi) is 4.09. The molecule has 2 aliphatic rings. The molecule has 104 valence electrons. The molecule has 3 rings (SSSR count). The van der Waals surface area contributed by atoms with E-state index in [1.165, 1.54) is 51.4 Å². The highest BCUT2D eigenvalue weighted by Gasteiger charge is 2.37. The third-order valence-electron chi connectivity index (χ3n) is 5.02. The van der Waals surface area contributed by atoms with E-state index in [-0.39, 0.29) is 0 Å². The van der Waals surface area contributed by atoms with Crippen molar-refractivity contribution in [1.82, 2.24) is 0 Å². The summed E-state index contributed by atoms with van der Waals surface area (Å²) >= 11 is 9.72. The van der Waals surface area contributed by atoms with E-state index in [0.29, 0.717) is 11.5 Å². The topological polar surface area (TPSA) is 12.0 Å². The fourth-order valence-electron chi connectivity index (χ4n) is 3.83. The Balaban J connectivity index is 1.61. The Morgan fingerprint density at radius 2 is 1.79 bits per heavy atom. The number of hydrogen-bond donors (Lipinski definition) is 1. The van der Waals surface area contributed by atoms with Crippen LogP contribution in [0.4, 0.5) is 5.69 Å². The molecular formula is C16H21BrClN. The van der Waals surface area contributed by atoms with Gasteiger partial charge in [-0.05, 0) is 72.0 Å². The first-order valence-corrected chi connectivity index (χ1v) is 8.56. The van der Waals surface area contributed by atoms with Gasteiger partial charge in [-0.15, -0.1) is 0 Å². The summed E-state index contributed by atoms with van der Waals surface area (Å²) in [6.45, 7) is 0. The largest absolute Gasteiger partial charge is 0.381 e. The maximum absolute atomic E-state index is 6.14. The highest BCUT2D eigenvalue weighted by molar-refractivity contribution is 9.10. The predicted molar refractivity (Wildman–Crippen MR) is 85.9 cm³/mol. The van der Waals surface area contributed by atoms with Gasteiger partial charge in [0.25, 0.3) is 0 Å². The summed E-state index contributed by atoms with van der Waals surface area (Å²) in [5.74, 6) is 0. The highest BCUT2D eigenvalue weighted by atomic mass is 79.9. The molecule has 2 fully saturated rings.